The number of esters is 2. The Hall–Kier alpha value is -1.32. The van der Waals surface area contributed by atoms with Gasteiger partial charge in [-0.3, -0.25) is 0 Å². The fraction of sp³-hybridized carbons (Fsp3) is 0.750. The topological polar surface area (TPSA) is 52.6 Å². The molecule has 0 aliphatic rings. The molecule has 0 aliphatic heterocycles. The molecule has 1 unspecified atom stereocenters. The summed E-state index contributed by atoms with van der Waals surface area (Å²) < 4.78 is 10.3. The van der Waals surface area contributed by atoms with Gasteiger partial charge in [0.05, 0.1) is 13.2 Å². The molecule has 0 fully saturated rings. The van der Waals surface area contributed by atoms with Crippen LogP contribution in [0.3, 0.4) is 0 Å². The summed E-state index contributed by atoms with van der Waals surface area (Å²) in [4.78, 5) is 24.0. The van der Waals surface area contributed by atoms with Gasteiger partial charge in [-0.1, -0.05) is 54.0 Å². The third-order valence-corrected chi connectivity index (χ3v) is 2.63. The highest BCUT2D eigenvalue weighted by Gasteiger charge is 2.22. The van der Waals surface area contributed by atoms with Gasteiger partial charge in [-0.2, -0.15) is 0 Å². The van der Waals surface area contributed by atoms with Gasteiger partial charge >= 0.3 is 11.9 Å². The van der Waals surface area contributed by atoms with E-state index in [2.05, 4.69) is 0 Å². The van der Waals surface area contributed by atoms with Crippen molar-refractivity contribution in [3.63, 3.8) is 0 Å². The van der Waals surface area contributed by atoms with Crippen molar-refractivity contribution in [1.82, 2.24) is 0 Å². The minimum Gasteiger partial charge on any atom is -0.462 e. The molecule has 0 heterocycles. The van der Waals surface area contributed by atoms with Crippen molar-refractivity contribution in [2.45, 2.75) is 48.0 Å². The van der Waals surface area contributed by atoms with E-state index in [-0.39, 0.29) is 23.3 Å². The Bertz CT molecular complexity index is 316. The SMILES string of the molecule is CCC(C)C=C(C(=O)OCC(C)C)C(=O)OCC(C)C. The molecule has 0 bridgehead atoms. The summed E-state index contributed by atoms with van der Waals surface area (Å²) in [5.74, 6) is -0.588. The van der Waals surface area contributed by atoms with Crippen LogP contribution >= 0.6 is 0 Å². The van der Waals surface area contributed by atoms with Crippen molar-refractivity contribution in [2.24, 2.45) is 17.8 Å². The summed E-state index contributed by atoms with van der Waals surface area (Å²) in [5, 5.41) is 0. The van der Waals surface area contributed by atoms with E-state index in [9.17, 15) is 9.59 Å². The zero-order chi connectivity index (χ0) is 15.7. The number of carbonyl (C=O) groups excluding carboxylic acids is 2. The molecule has 0 aromatic rings. The number of rotatable bonds is 8. The average Bonchev–Trinajstić information content (AvgIpc) is 2.38. The van der Waals surface area contributed by atoms with Crippen LogP contribution in [-0.2, 0) is 19.1 Å². The number of hydrogen-bond donors (Lipinski definition) is 0. The molecule has 4 nitrogen and oxygen atoms in total. The minimum absolute atomic E-state index is 0.0145. The van der Waals surface area contributed by atoms with Crippen molar-refractivity contribution in [2.75, 3.05) is 13.2 Å². The van der Waals surface area contributed by atoms with Gasteiger partial charge in [-0.15, -0.1) is 0 Å². The van der Waals surface area contributed by atoms with E-state index < -0.39 is 11.9 Å². The van der Waals surface area contributed by atoms with Crippen LogP contribution in [0.4, 0.5) is 0 Å². The number of hydrogen-bond acceptors (Lipinski definition) is 4. The quantitative estimate of drug-likeness (QED) is 0.297. The maximum absolute atomic E-state index is 12.0. The van der Waals surface area contributed by atoms with Crippen LogP contribution < -0.4 is 0 Å². The lowest BCUT2D eigenvalue weighted by molar-refractivity contribution is -0.148. The second-order valence-electron chi connectivity index (χ2n) is 5.95. The second kappa shape index (κ2) is 9.56. The monoisotopic (exact) mass is 284 g/mol. The maximum Gasteiger partial charge on any atom is 0.345 e. The molecule has 0 saturated carbocycles. The van der Waals surface area contributed by atoms with Gasteiger partial charge in [0, 0.05) is 0 Å². The molecular formula is C16H28O4. The summed E-state index contributed by atoms with van der Waals surface area (Å²) >= 11 is 0. The third kappa shape index (κ3) is 7.97. The fourth-order valence-corrected chi connectivity index (χ4v) is 1.26. The van der Waals surface area contributed by atoms with Crippen molar-refractivity contribution in [3.8, 4) is 0 Å². The first kappa shape index (κ1) is 18.7. The first-order valence-electron chi connectivity index (χ1n) is 7.33. The van der Waals surface area contributed by atoms with Gasteiger partial charge in [0.1, 0.15) is 5.57 Å². The van der Waals surface area contributed by atoms with Gasteiger partial charge in [0.2, 0.25) is 0 Å². The van der Waals surface area contributed by atoms with Crippen molar-refractivity contribution >= 4 is 11.9 Å². The van der Waals surface area contributed by atoms with E-state index >= 15 is 0 Å². The lowest BCUT2D eigenvalue weighted by Gasteiger charge is -2.12. The van der Waals surface area contributed by atoms with E-state index in [0.29, 0.717) is 13.2 Å². The highest BCUT2D eigenvalue weighted by Crippen LogP contribution is 2.12. The number of ether oxygens (including phenoxy) is 2. The van der Waals surface area contributed by atoms with Gasteiger partial charge in [-0.25, -0.2) is 9.59 Å². The summed E-state index contributed by atoms with van der Waals surface area (Å²) in [6.07, 6.45) is 2.49. The molecule has 0 aromatic carbocycles. The zero-order valence-corrected chi connectivity index (χ0v) is 13.6. The molecule has 0 N–H and O–H groups in total. The van der Waals surface area contributed by atoms with Crippen LogP contribution in [0.15, 0.2) is 11.6 Å². The average molecular weight is 284 g/mol. The predicted octanol–water partition coefficient (Wildman–Crippen LogP) is 3.36. The van der Waals surface area contributed by atoms with Crippen molar-refractivity contribution < 1.29 is 19.1 Å². The van der Waals surface area contributed by atoms with Crippen LogP contribution in [0.1, 0.15) is 48.0 Å². The van der Waals surface area contributed by atoms with E-state index in [1.54, 1.807) is 6.08 Å². The van der Waals surface area contributed by atoms with E-state index in [0.717, 1.165) is 6.42 Å². The van der Waals surface area contributed by atoms with E-state index in [1.807, 2.05) is 41.5 Å². The standard InChI is InChI=1S/C16H28O4/c1-7-13(6)8-14(15(17)19-9-11(2)3)16(18)20-10-12(4)5/h8,11-13H,7,9-10H2,1-6H3. The van der Waals surface area contributed by atoms with Crippen molar-refractivity contribution in [1.29, 1.82) is 0 Å². The smallest absolute Gasteiger partial charge is 0.345 e. The lowest BCUT2D eigenvalue weighted by Crippen LogP contribution is -2.22. The predicted molar refractivity (Wildman–Crippen MR) is 79.1 cm³/mol. The largest absolute Gasteiger partial charge is 0.462 e. The van der Waals surface area contributed by atoms with Crippen LogP contribution in [0.2, 0.25) is 0 Å². The Kier molecular flexibility index (Phi) is 8.93. The lowest BCUT2D eigenvalue weighted by atomic mass is 10.1. The molecule has 0 saturated heterocycles. The summed E-state index contributed by atoms with van der Waals surface area (Å²) in [7, 11) is 0. The molecule has 0 aromatic heterocycles. The molecule has 0 spiro atoms. The van der Waals surface area contributed by atoms with Crippen LogP contribution in [0.5, 0.6) is 0 Å². The molecule has 4 heteroatoms. The first-order valence-corrected chi connectivity index (χ1v) is 7.33. The van der Waals surface area contributed by atoms with E-state index in [1.165, 1.54) is 0 Å². The number of carbonyl (C=O) groups is 2. The third-order valence-electron chi connectivity index (χ3n) is 2.63. The molecule has 1 atom stereocenters. The molecule has 0 radical (unpaired) electrons. The number of allylic oxidation sites excluding steroid dienone is 1. The van der Waals surface area contributed by atoms with Gasteiger partial charge in [0.25, 0.3) is 0 Å². The zero-order valence-electron chi connectivity index (χ0n) is 13.6. The van der Waals surface area contributed by atoms with Crippen LogP contribution in [0, 0.1) is 17.8 Å². The molecule has 116 valence electrons. The molecule has 0 amide bonds. The second-order valence-corrected chi connectivity index (χ2v) is 5.95. The summed E-state index contributed by atoms with van der Waals surface area (Å²) in [5.41, 5.74) is 0.0145. The minimum atomic E-state index is -0.590. The summed E-state index contributed by atoms with van der Waals surface area (Å²) in [6.45, 7) is 12.3. The van der Waals surface area contributed by atoms with Crippen LogP contribution in [-0.4, -0.2) is 25.2 Å². The highest BCUT2D eigenvalue weighted by molar-refractivity contribution is 6.14. The summed E-state index contributed by atoms with van der Waals surface area (Å²) in [6, 6.07) is 0. The molecule has 0 aliphatic carbocycles. The van der Waals surface area contributed by atoms with Gasteiger partial charge < -0.3 is 9.47 Å². The Morgan fingerprint density at radius 1 is 0.900 bits per heavy atom. The fourth-order valence-electron chi connectivity index (χ4n) is 1.26. The Balaban J connectivity index is 4.84. The Morgan fingerprint density at radius 3 is 1.60 bits per heavy atom. The van der Waals surface area contributed by atoms with Gasteiger partial charge in [-0.05, 0) is 17.8 Å². The van der Waals surface area contributed by atoms with Gasteiger partial charge in [0.15, 0.2) is 0 Å². The normalized spacial score (nSPS) is 12.2. The first-order chi connectivity index (χ1) is 9.27. The Labute approximate surface area is 122 Å². The maximum atomic E-state index is 12.0. The molecular weight excluding hydrogens is 256 g/mol. The Morgan fingerprint density at radius 2 is 1.30 bits per heavy atom. The highest BCUT2D eigenvalue weighted by atomic mass is 16.6. The van der Waals surface area contributed by atoms with Crippen LogP contribution in [0.25, 0.3) is 0 Å². The van der Waals surface area contributed by atoms with Crippen molar-refractivity contribution in [3.05, 3.63) is 11.6 Å². The molecule has 0 rings (SSSR count). The molecule has 20 heavy (non-hydrogen) atoms. The van der Waals surface area contributed by atoms with E-state index in [4.69, 9.17) is 9.47 Å².